The Morgan fingerprint density at radius 1 is 1.25 bits per heavy atom. The summed E-state index contributed by atoms with van der Waals surface area (Å²) in [4.78, 5) is 4.60. The highest BCUT2D eigenvalue weighted by atomic mass is 14.9. The van der Waals surface area contributed by atoms with Crippen LogP contribution in [-0.2, 0) is 6.42 Å². The molecule has 1 aromatic heterocycles. The predicted molar refractivity (Wildman–Crippen MR) is 82.9 cm³/mol. The molecule has 0 radical (unpaired) electrons. The van der Waals surface area contributed by atoms with Crippen LogP contribution in [0.1, 0.15) is 47.7 Å². The van der Waals surface area contributed by atoms with Gasteiger partial charge in [-0.2, -0.15) is 0 Å². The van der Waals surface area contributed by atoms with Crippen LogP contribution < -0.4 is 5.32 Å². The normalized spacial score (nSPS) is 18.2. The van der Waals surface area contributed by atoms with Crippen molar-refractivity contribution in [1.82, 2.24) is 10.3 Å². The Labute approximate surface area is 121 Å². The van der Waals surface area contributed by atoms with Crippen LogP contribution in [0.2, 0.25) is 0 Å². The molecule has 2 atom stereocenters. The average molecular weight is 266 g/mol. The number of hydrogen-bond acceptors (Lipinski definition) is 2. The van der Waals surface area contributed by atoms with Gasteiger partial charge in [0.2, 0.25) is 0 Å². The van der Waals surface area contributed by atoms with Gasteiger partial charge in [-0.25, -0.2) is 0 Å². The maximum atomic E-state index is 4.60. The van der Waals surface area contributed by atoms with Gasteiger partial charge in [0, 0.05) is 6.20 Å². The molecule has 0 bridgehead atoms. The van der Waals surface area contributed by atoms with E-state index >= 15 is 0 Å². The van der Waals surface area contributed by atoms with Crippen molar-refractivity contribution >= 4 is 0 Å². The fraction of sp³-hybridized carbons (Fsp3) is 0.389. The van der Waals surface area contributed by atoms with E-state index in [9.17, 15) is 0 Å². The largest absolute Gasteiger partial charge is 0.309 e. The third kappa shape index (κ3) is 2.48. The molecule has 1 heterocycles. The highest BCUT2D eigenvalue weighted by Gasteiger charge is 2.29. The van der Waals surface area contributed by atoms with Crippen molar-refractivity contribution in [2.24, 2.45) is 0 Å². The van der Waals surface area contributed by atoms with E-state index in [0.29, 0.717) is 12.0 Å². The number of aromatic nitrogens is 1. The van der Waals surface area contributed by atoms with Crippen molar-refractivity contribution in [2.75, 3.05) is 6.54 Å². The fourth-order valence-corrected chi connectivity index (χ4v) is 3.26. The first-order valence-electron chi connectivity index (χ1n) is 7.52. The molecule has 20 heavy (non-hydrogen) atoms. The molecule has 2 heteroatoms. The minimum atomic E-state index is 0.361. The van der Waals surface area contributed by atoms with Crippen molar-refractivity contribution in [3.8, 4) is 0 Å². The number of rotatable bonds is 5. The summed E-state index contributed by atoms with van der Waals surface area (Å²) in [6, 6.07) is 13.3. The number of fused-ring (bicyclic) bond motifs is 1. The number of nitrogens with one attached hydrogen (secondary N) is 1. The molecule has 1 aliphatic rings. The van der Waals surface area contributed by atoms with Gasteiger partial charge in [0.1, 0.15) is 0 Å². The van der Waals surface area contributed by atoms with E-state index in [1.807, 2.05) is 12.3 Å². The van der Waals surface area contributed by atoms with Gasteiger partial charge in [-0.05, 0) is 55.0 Å². The lowest BCUT2D eigenvalue weighted by Crippen LogP contribution is -2.28. The van der Waals surface area contributed by atoms with Crippen LogP contribution in [0.25, 0.3) is 0 Å². The smallest absolute Gasteiger partial charge is 0.0602 e. The van der Waals surface area contributed by atoms with E-state index in [1.54, 1.807) is 0 Å². The highest BCUT2D eigenvalue weighted by Crippen LogP contribution is 2.40. The van der Waals surface area contributed by atoms with Crippen LogP contribution in [0.4, 0.5) is 0 Å². The summed E-state index contributed by atoms with van der Waals surface area (Å²) in [5.74, 6) is 0.677. The van der Waals surface area contributed by atoms with Crippen molar-refractivity contribution in [1.29, 1.82) is 0 Å². The standard InChI is InChI=1S/C18H22N2/c1-3-19-17(18-13(2)7-6-10-20-18)12-15-11-14-8-4-5-9-16(14)15/h4-10,15,17,19H,3,11-12H2,1-2H3. The lowest BCUT2D eigenvalue weighted by Gasteiger charge is -2.33. The summed E-state index contributed by atoms with van der Waals surface area (Å²) >= 11 is 0. The van der Waals surface area contributed by atoms with Crippen LogP contribution in [0.3, 0.4) is 0 Å². The molecule has 1 aliphatic carbocycles. The SMILES string of the molecule is CCNC(CC1Cc2ccccc21)c1ncccc1C. The van der Waals surface area contributed by atoms with Crippen LogP contribution in [0.15, 0.2) is 42.6 Å². The molecule has 2 aromatic rings. The average Bonchev–Trinajstić information content (AvgIpc) is 2.44. The van der Waals surface area contributed by atoms with E-state index in [4.69, 9.17) is 0 Å². The second kappa shape index (κ2) is 5.76. The van der Waals surface area contributed by atoms with Crippen LogP contribution in [0.5, 0.6) is 0 Å². The second-order valence-electron chi connectivity index (χ2n) is 5.65. The molecule has 0 fully saturated rings. The molecule has 2 unspecified atom stereocenters. The Kier molecular flexibility index (Phi) is 3.83. The van der Waals surface area contributed by atoms with E-state index < -0.39 is 0 Å². The van der Waals surface area contributed by atoms with E-state index in [1.165, 1.54) is 28.8 Å². The molecule has 0 spiro atoms. The Morgan fingerprint density at radius 2 is 2.10 bits per heavy atom. The summed E-state index contributed by atoms with van der Waals surface area (Å²) in [6.07, 6.45) is 4.26. The molecule has 0 aliphatic heterocycles. The van der Waals surface area contributed by atoms with Crippen molar-refractivity contribution in [2.45, 2.75) is 38.6 Å². The molecule has 1 aromatic carbocycles. The highest BCUT2D eigenvalue weighted by molar-refractivity contribution is 5.40. The summed E-state index contributed by atoms with van der Waals surface area (Å²) in [6.45, 7) is 5.30. The Balaban J connectivity index is 1.78. The molecule has 0 amide bonds. The monoisotopic (exact) mass is 266 g/mol. The first-order valence-corrected chi connectivity index (χ1v) is 7.52. The minimum absolute atomic E-state index is 0.361. The molecular weight excluding hydrogens is 244 g/mol. The molecule has 104 valence electrons. The third-order valence-corrected chi connectivity index (χ3v) is 4.31. The number of aryl methyl sites for hydroxylation is 1. The van der Waals surface area contributed by atoms with Gasteiger partial charge in [0.05, 0.1) is 11.7 Å². The summed E-state index contributed by atoms with van der Waals surface area (Å²) < 4.78 is 0. The molecule has 0 saturated carbocycles. The number of hydrogen-bond donors (Lipinski definition) is 1. The van der Waals surface area contributed by atoms with Gasteiger partial charge in [-0.3, -0.25) is 4.98 Å². The zero-order valence-electron chi connectivity index (χ0n) is 12.3. The Morgan fingerprint density at radius 3 is 2.85 bits per heavy atom. The van der Waals surface area contributed by atoms with Gasteiger partial charge in [0.15, 0.2) is 0 Å². The third-order valence-electron chi connectivity index (χ3n) is 4.31. The van der Waals surface area contributed by atoms with Crippen LogP contribution in [-0.4, -0.2) is 11.5 Å². The van der Waals surface area contributed by atoms with Gasteiger partial charge < -0.3 is 5.32 Å². The maximum Gasteiger partial charge on any atom is 0.0602 e. The Hall–Kier alpha value is -1.67. The zero-order valence-corrected chi connectivity index (χ0v) is 12.3. The van der Waals surface area contributed by atoms with Crippen LogP contribution >= 0.6 is 0 Å². The fourth-order valence-electron chi connectivity index (χ4n) is 3.26. The minimum Gasteiger partial charge on any atom is -0.309 e. The van der Waals surface area contributed by atoms with Gasteiger partial charge in [0.25, 0.3) is 0 Å². The van der Waals surface area contributed by atoms with Gasteiger partial charge in [-0.1, -0.05) is 37.3 Å². The van der Waals surface area contributed by atoms with Crippen LogP contribution in [0, 0.1) is 6.92 Å². The molecule has 2 nitrogen and oxygen atoms in total. The number of nitrogens with zero attached hydrogens (tertiary/aromatic N) is 1. The topological polar surface area (TPSA) is 24.9 Å². The quantitative estimate of drug-likeness (QED) is 0.891. The van der Waals surface area contributed by atoms with Gasteiger partial charge in [-0.15, -0.1) is 0 Å². The molecule has 1 N–H and O–H groups in total. The maximum absolute atomic E-state index is 4.60. The zero-order chi connectivity index (χ0) is 13.9. The number of pyridine rings is 1. The molecular formula is C18H22N2. The summed E-state index contributed by atoms with van der Waals surface area (Å²) in [7, 11) is 0. The molecule has 0 saturated heterocycles. The van der Waals surface area contributed by atoms with E-state index in [0.717, 1.165) is 13.0 Å². The predicted octanol–water partition coefficient (Wildman–Crippen LogP) is 3.77. The first-order chi connectivity index (χ1) is 9.79. The number of benzene rings is 1. The van der Waals surface area contributed by atoms with Crippen molar-refractivity contribution in [3.05, 3.63) is 65.0 Å². The van der Waals surface area contributed by atoms with E-state index in [-0.39, 0.29) is 0 Å². The second-order valence-corrected chi connectivity index (χ2v) is 5.65. The first kappa shape index (κ1) is 13.3. The van der Waals surface area contributed by atoms with Crippen molar-refractivity contribution in [3.63, 3.8) is 0 Å². The van der Waals surface area contributed by atoms with Crippen molar-refractivity contribution < 1.29 is 0 Å². The lowest BCUT2D eigenvalue weighted by molar-refractivity contribution is 0.427. The summed E-state index contributed by atoms with van der Waals surface area (Å²) in [5, 5.41) is 3.61. The van der Waals surface area contributed by atoms with Gasteiger partial charge >= 0.3 is 0 Å². The lowest BCUT2D eigenvalue weighted by atomic mass is 9.74. The van der Waals surface area contributed by atoms with E-state index in [2.05, 4.69) is 54.5 Å². The summed E-state index contributed by atoms with van der Waals surface area (Å²) in [5.41, 5.74) is 5.54. The molecule has 3 rings (SSSR count). The Bertz CT molecular complexity index is 591.